The number of nitrogens with zero attached hydrogens (tertiary/aromatic N) is 4. The first-order chi connectivity index (χ1) is 8.79. The summed E-state index contributed by atoms with van der Waals surface area (Å²) in [5.41, 5.74) is 0. The first-order valence-electron chi connectivity index (χ1n) is 5.55. The highest BCUT2D eigenvalue weighted by Crippen LogP contribution is 2.19. The van der Waals surface area contributed by atoms with Crippen LogP contribution in [0.25, 0.3) is 0 Å². The number of aromatic nitrogens is 4. The zero-order chi connectivity index (χ0) is 12.8. The predicted molar refractivity (Wildman–Crippen MR) is 67.4 cm³/mol. The summed E-state index contributed by atoms with van der Waals surface area (Å²) in [6.45, 7) is 3.27. The summed E-state index contributed by atoms with van der Waals surface area (Å²) in [6.07, 6.45) is 3.82. The SMILES string of the molecule is CCCNc1ncc(Cl)c(NCc2ncon2)n1. The molecule has 2 aromatic rings. The zero-order valence-corrected chi connectivity index (χ0v) is 10.6. The Morgan fingerprint density at radius 2 is 2.22 bits per heavy atom. The third kappa shape index (κ3) is 3.30. The van der Waals surface area contributed by atoms with Gasteiger partial charge in [0.1, 0.15) is 5.02 Å². The molecule has 18 heavy (non-hydrogen) atoms. The van der Waals surface area contributed by atoms with Crippen LogP contribution in [-0.4, -0.2) is 26.7 Å². The second kappa shape index (κ2) is 6.15. The summed E-state index contributed by atoms with van der Waals surface area (Å²) < 4.78 is 4.63. The molecule has 96 valence electrons. The Labute approximate surface area is 109 Å². The fraction of sp³-hybridized carbons (Fsp3) is 0.400. The third-order valence-electron chi connectivity index (χ3n) is 2.10. The Bertz CT molecular complexity index is 489. The first-order valence-corrected chi connectivity index (χ1v) is 5.93. The van der Waals surface area contributed by atoms with E-state index in [1.807, 2.05) is 0 Å². The molecule has 2 aromatic heterocycles. The van der Waals surface area contributed by atoms with Crippen LogP contribution in [0.3, 0.4) is 0 Å². The largest absolute Gasteiger partial charge is 0.361 e. The van der Waals surface area contributed by atoms with Gasteiger partial charge in [0.15, 0.2) is 11.6 Å². The Balaban J connectivity index is 2.01. The van der Waals surface area contributed by atoms with Crippen molar-refractivity contribution in [3.63, 3.8) is 0 Å². The summed E-state index contributed by atoms with van der Waals surface area (Å²) >= 11 is 5.99. The average Bonchev–Trinajstić information content (AvgIpc) is 2.89. The standard InChI is InChI=1S/C10H13ClN6O/c1-2-3-12-10-14-4-7(11)9(16-10)13-5-8-15-6-18-17-8/h4,6H,2-3,5H2,1H3,(H2,12,13,14,16). The van der Waals surface area contributed by atoms with Crippen LogP contribution in [0.4, 0.5) is 11.8 Å². The Kier molecular flexibility index (Phi) is 4.30. The molecule has 8 heteroatoms. The highest BCUT2D eigenvalue weighted by Gasteiger charge is 2.06. The molecule has 0 spiro atoms. The molecule has 0 saturated carbocycles. The van der Waals surface area contributed by atoms with Crippen molar-refractivity contribution in [3.05, 3.63) is 23.4 Å². The zero-order valence-electron chi connectivity index (χ0n) is 9.85. The molecule has 2 rings (SSSR count). The summed E-state index contributed by atoms with van der Waals surface area (Å²) in [4.78, 5) is 12.2. The van der Waals surface area contributed by atoms with Crippen molar-refractivity contribution < 1.29 is 4.52 Å². The maximum absolute atomic E-state index is 5.99. The van der Waals surface area contributed by atoms with Gasteiger partial charge >= 0.3 is 0 Å². The number of rotatable bonds is 6. The lowest BCUT2D eigenvalue weighted by Gasteiger charge is -2.08. The molecule has 0 aliphatic heterocycles. The van der Waals surface area contributed by atoms with Crippen molar-refractivity contribution in [2.75, 3.05) is 17.2 Å². The minimum atomic E-state index is 0.389. The maximum atomic E-state index is 5.99. The van der Waals surface area contributed by atoms with Crippen molar-refractivity contribution in [1.29, 1.82) is 0 Å². The van der Waals surface area contributed by atoms with Gasteiger partial charge in [-0.25, -0.2) is 4.98 Å². The van der Waals surface area contributed by atoms with Crippen LogP contribution in [0.5, 0.6) is 0 Å². The molecule has 0 fully saturated rings. The topological polar surface area (TPSA) is 88.8 Å². The van der Waals surface area contributed by atoms with Gasteiger partial charge in [0.05, 0.1) is 12.7 Å². The molecule has 0 unspecified atom stereocenters. The Morgan fingerprint density at radius 3 is 2.94 bits per heavy atom. The fourth-order valence-corrected chi connectivity index (χ4v) is 1.40. The Hall–Kier alpha value is -1.89. The molecule has 0 atom stereocenters. The Morgan fingerprint density at radius 1 is 1.33 bits per heavy atom. The van der Waals surface area contributed by atoms with Gasteiger partial charge in [0, 0.05) is 6.54 Å². The smallest absolute Gasteiger partial charge is 0.224 e. The van der Waals surface area contributed by atoms with Gasteiger partial charge in [0.2, 0.25) is 12.3 Å². The van der Waals surface area contributed by atoms with E-state index in [1.165, 1.54) is 6.39 Å². The van der Waals surface area contributed by atoms with Crippen LogP contribution in [0, 0.1) is 0 Å². The molecule has 0 amide bonds. The molecule has 7 nitrogen and oxygen atoms in total. The van der Waals surface area contributed by atoms with Crippen molar-refractivity contribution >= 4 is 23.4 Å². The van der Waals surface area contributed by atoms with E-state index in [-0.39, 0.29) is 0 Å². The van der Waals surface area contributed by atoms with Crippen LogP contribution >= 0.6 is 11.6 Å². The van der Waals surface area contributed by atoms with Gasteiger partial charge in [-0.05, 0) is 6.42 Å². The van der Waals surface area contributed by atoms with Crippen molar-refractivity contribution in [3.8, 4) is 0 Å². The van der Waals surface area contributed by atoms with E-state index < -0.39 is 0 Å². The average molecular weight is 269 g/mol. The molecular formula is C10H13ClN6O. The van der Waals surface area contributed by atoms with Gasteiger partial charge in [-0.1, -0.05) is 23.7 Å². The highest BCUT2D eigenvalue weighted by molar-refractivity contribution is 6.32. The molecule has 0 radical (unpaired) electrons. The summed E-state index contributed by atoms with van der Waals surface area (Å²) in [6, 6.07) is 0. The van der Waals surface area contributed by atoms with Crippen LogP contribution in [-0.2, 0) is 6.54 Å². The van der Waals surface area contributed by atoms with Crippen LogP contribution in [0.2, 0.25) is 5.02 Å². The van der Waals surface area contributed by atoms with Crippen molar-refractivity contribution in [2.24, 2.45) is 0 Å². The summed E-state index contributed by atoms with van der Waals surface area (Å²) in [7, 11) is 0. The van der Waals surface area contributed by atoms with E-state index in [9.17, 15) is 0 Å². The number of halogens is 1. The molecule has 0 aliphatic rings. The van der Waals surface area contributed by atoms with Gasteiger partial charge in [-0.15, -0.1) is 0 Å². The van der Waals surface area contributed by atoms with Crippen LogP contribution < -0.4 is 10.6 Å². The van der Waals surface area contributed by atoms with Gasteiger partial charge in [-0.2, -0.15) is 9.97 Å². The van der Waals surface area contributed by atoms with Crippen molar-refractivity contribution in [1.82, 2.24) is 20.1 Å². The van der Waals surface area contributed by atoms with Crippen LogP contribution in [0.1, 0.15) is 19.2 Å². The van der Waals surface area contributed by atoms with E-state index in [2.05, 4.69) is 42.2 Å². The minimum Gasteiger partial charge on any atom is -0.361 e. The van der Waals surface area contributed by atoms with Crippen LogP contribution in [0.15, 0.2) is 17.1 Å². The van der Waals surface area contributed by atoms with E-state index >= 15 is 0 Å². The van der Waals surface area contributed by atoms with E-state index in [1.54, 1.807) is 6.20 Å². The molecule has 0 aromatic carbocycles. The molecule has 2 heterocycles. The second-order valence-electron chi connectivity index (χ2n) is 3.52. The number of hydrogen-bond acceptors (Lipinski definition) is 7. The lowest BCUT2D eigenvalue weighted by molar-refractivity contribution is 0.411. The fourth-order valence-electron chi connectivity index (χ4n) is 1.25. The van der Waals surface area contributed by atoms with E-state index in [0.29, 0.717) is 29.2 Å². The number of anilines is 2. The quantitative estimate of drug-likeness (QED) is 0.827. The minimum absolute atomic E-state index is 0.389. The molecule has 0 saturated heterocycles. The highest BCUT2D eigenvalue weighted by atomic mass is 35.5. The summed E-state index contributed by atoms with van der Waals surface area (Å²) in [5.74, 6) is 1.61. The molecule has 2 N–H and O–H groups in total. The van der Waals surface area contributed by atoms with Crippen molar-refractivity contribution in [2.45, 2.75) is 19.9 Å². The number of nitrogens with one attached hydrogen (secondary N) is 2. The lowest BCUT2D eigenvalue weighted by atomic mass is 10.5. The molecule has 0 bridgehead atoms. The molecule has 0 aliphatic carbocycles. The second-order valence-corrected chi connectivity index (χ2v) is 3.93. The van der Waals surface area contributed by atoms with E-state index in [4.69, 9.17) is 11.6 Å². The van der Waals surface area contributed by atoms with E-state index in [0.717, 1.165) is 13.0 Å². The first kappa shape index (κ1) is 12.6. The predicted octanol–water partition coefficient (Wildman–Crippen LogP) is 1.95. The third-order valence-corrected chi connectivity index (χ3v) is 2.37. The number of hydrogen-bond donors (Lipinski definition) is 2. The van der Waals surface area contributed by atoms with Gasteiger partial charge in [0.25, 0.3) is 0 Å². The molecular weight excluding hydrogens is 256 g/mol. The van der Waals surface area contributed by atoms with Gasteiger partial charge < -0.3 is 15.2 Å². The lowest BCUT2D eigenvalue weighted by Crippen LogP contribution is -2.08. The summed E-state index contributed by atoms with van der Waals surface area (Å²) in [5, 5.41) is 10.2. The van der Waals surface area contributed by atoms with Gasteiger partial charge in [-0.3, -0.25) is 0 Å². The normalized spacial score (nSPS) is 10.3. The maximum Gasteiger partial charge on any atom is 0.224 e. The monoisotopic (exact) mass is 268 g/mol.